The maximum Gasteiger partial charge on any atom is 0.321 e. The summed E-state index contributed by atoms with van der Waals surface area (Å²) in [6, 6.07) is 30.7. The first-order valence-corrected chi connectivity index (χ1v) is 23.1. The highest BCUT2D eigenvalue weighted by Gasteiger charge is 2.45. The second-order valence-electron chi connectivity index (χ2n) is 16.7. The molecule has 4 aromatic heterocycles. The molecule has 378 valence electrons. The van der Waals surface area contributed by atoms with Gasteiger partial charge < -0.3 is 26.6 Å². The molecule has 2 saturated heterocycles. The lowest BCUT2D eigenvalue weighted by Crippen LogP contribution is -2.46. The van der Waals surface area contributed by atoms with Crippen molar-refractivity contribution in [1.29, 1.82) is 0 Å². The van der Waals surface area contributed by atoms with Crippen LogP contribution in [0.15, 0.2) is 151 Å². The van der Waals surface area contributed by atoms with Gasteiger partial charge in [-0.05, 0) is 94.8 Å². The van der Waals surface area contributed by atoms with Crippen molar-refractivity contribution in [3.8, 4) is 11.4 Å². The fraction of sp³-hybridized carbons (Fsp3) is 0.216. The van der Waals surface area contributed by atoms with Gasteiger partial charge in [-0.2, -0.15) is 27.8 Å². The lowest BCUT2D eigenvalue weighted by atomic mass is 9.99. The van der Waals surface area contributed by atoms with Crippen LogP contribution in [0.3, 0.4) is 0 Å². The van der Waals surface area contributed by atoms with E-state index in [9.17, 15) is 45.5 Å². The van der Waals surface area contributed by atoms with Gasteiger partial charge in [0.05, 0.1) is 59.8 Å². The Hall–Kier alpha value is -7.98. The van der Waals surface area contributed by atoms with E-state index in [0.717, 1.165) is 26.8 Å². The fourth-order valence-electron chi connectivity index (χ4n) is 8.03. The number of fused-ring (bicyclic) bond motifs is 2. The van der Waals surface area contributed by atoms with Crippen LogP contribution in [-0.4, -0.2) is 84.1 Å². The molecule has 15 nitrogen and oxygen atoms in total. The quantitative estimate of drug-likeness (QED) is 0.103. The Morgan fingerprint density at radius 2 is 1.10 bits per heavy atom. The average molecular weight is 1070 g/mol. The molecule has 4 atom stereocenters. The van der Waals surface area contributed by atoms with Crippen molar-refractivity contribution >= 4 is 67.3 Å². The van der Waals surface area contributed by atoms with Crippen LogP contribution in [0.2, 0.25) is 0 Å². The minimum absolute atomic E-state index is 0.00137. The van der Waals surface area contributed by atoms with Crippen LogP contribution in [0.25, 0.3) is 33.4 Å². The molecular weight excluding hydrogens is 1020 g/mol. The summed E-state index contributed by atoms with van der Waals surface area (Å²) in [6.45, 7) is 1.05. The summed E-state index contributed by atoms with van der Waals surface area (Å²) in [5.74, 6) is -11.1. The van der Waals surface area contributed by atoms with E-state index in [1.54, 1.807) is 113 Å². The van der Waals surface area contributed by atoms with Gasteiger partial charge in [-0.25, -0.2) is 28.1 Å². The van der Waals surface area contributed by atoms with Gasteiger partial charge in [-0.1, -0.05) is 60.7 Å². The predicted octanol–water partition coefficient (Wildman–Crippen LogP) is 8.46. The number of nitrogens with one attached hydrogen (secondary N) is 3. The lowest BCUT2D eigenvalue weighted by molar-refractivity contribution is -0.144. The molecule has 2 aliphatic heterocycles. The number of hydrogen-bond acceptors (Lipinski definition) is 9. The molecule has 4 aromatic carbocycles. The molecule has 10 rings (SSSR count). The molecular formula is C51H46BrF6N11O4. The maximum atomic E-state index is 13.6. The van der Waals surface area contributed by atoms with E-state index in [1.807, 2.05) is 12.1 Å². The van der Waals surface area contributed by atoms with Crippen LogP contribution in [0.1, 0.15) is 49.9 Å². The number of carbonyl (C=O) groups excluding carboxylic acids is 4. The number of benzene rings is 4. The third-order valence-corrected chi connectivity index (χ3v) is 11.8. The van der Waals surface area contributed by atoms with Crippen LogP contribution in [-0.2, 0) is 19.2 Å². The van der Waals surface area contributed by atoms with E-state index in [4.69, 9.17) is 0 Å². The Bertz CT molecular complexity index is 3210. The number of alkyl halides is 4. The zero-order valence-corrected chi connectivity index (χ0v) is 40.7. The van der Waals surface area contributed by atoms with Gasteiger partial charge in [-0.15, -0.1) is 0 Å². The summed E-state index contributed by atoms with van der Waals surface area (Å²) in [5.41, 5.74) is 9.05. The van der Waals surface area contributed by atoms with E-state index < -0.39 is 47.8 Å². The molecule has 0 saturated carbocycles. The molecule has 2 fully saturated rings. The normalized spacial score (nSPS) is 17.4. The number of amides is 4. The molecule has 0 spiro atoms. The van der Waals surface area contributed by atoms with Gasteiger partial charge in [0, 0.05) is 48.1 Å². The Morgan fingerprint density at radius 1 is 0.630 bits per heavy atom. The third-order valence-electron chi connectivity index (χ3n) is 11.4. The number of rotatable bonds is 9. The van der Waals surface area contributed by atoms with Crippen LogP contribution in [0, 0.1) is 11.6 Å². The number of carbonyl (C=O) groups is 4. The van der Waals surface area contributed by atoms with Crippen LogP contribution in [0.4, 0.5) is 32.0 Å². The standard InChI is InChI=1S/C25H20F3N5O2.C13H14F2N2O2.C12H7BrFN3.CH5N/c1-25(27,28)24(35)31-20-12-21(34)32(22(20)15-5-3-2-4-6-15)19-11-16-13-30-33(23(16)29-14-19)18-9-7-17(26)8-10-18;1-13(14,15)12(19)16-9-7-10(18)17-11(9)8-5-3-2-4-6-8;13-9-5-8-6-16-17(12(8)15-7-9)11-3-1-10(14)2-4-11;1-2/h2-11,13-14,20,22H,12H2,1H3,(H,31,35);2-6,9,11H,7H2,1H3,(H,16,19)(H,17,18);1-7H;2H2,1H3/t20-,22?;9-,11?;;/m00../s1. The summed E-state index contributed by atoms with van der Waals surface area (Å²) in [7, 11) is 1.50. The maximum absolute atomic E-state index is 13.6. The number of pyridine rings is 2. The average Bonchev–Trinajstić information content (AvgIpc) is 4.16. The van der Waals surface area contributed by atoms with Crippen molar-refractivity contribution in [1.82, 2.24) is 45.5 Å². The van der Waals surface area contributed by atoms with Gasteiger partial charge in [0.1, 0.15) is 11.6 Å². The molecule has 0 radical (unpaired) electrons. The molecule has 6 heterocycles. The molecule has 4 amide bonds. The molecule has 2 aliphatic rings. The summed E-state index contributed by atoms with van der Waals surface area (Å²) in [6.07, 6.45) is 6.37. The largest absolute Gasteiger partial charge is 0.347 e. The highest BCUT2D eigenvalue weighted by molar-refractivity contribution is 9.10. The number of aromatic nitrogens is 6. The molecule has 5 N–H and O–H groups in total. The Morgan fingerprint density at radius 3 is 1.60 bits per heavy atom. The van der Waals surface area contributed by atoms with Crippen LogP contribution < -0.4 is 26.6 Å². The van der Waals surface area contributed by atoms with E-state index in [-0.39, 0.29) is 36.3 Å². The van der Waals surface area contributed by atoms with Crippen molar-refractivity contribution < 1.29 is 45.5 Å². The highest BCUT2D eigenvalue weighted by atomic mass is 79.9. The predicted molar refractivity (Wildman–Crippen MR) is 264 cm³/mol. The van der Waals surface area contributed by atoms with Crippen molar-refractivity contribution in [2.45, 2.75) is 62.7 Å². The SMILES string of the molecule is CC(F)(F)C(=O)N[C@H]1CC(=O)N(c2cnc3c(cnn3-c3ccc(F)cc3)c2)C1c1ccccc1.CC(F)(F)C(=O)N[C@H]1CC(=O)NC1c1ccccc1.CN.Fc1ccc(-n2ncc3cc(Br)cnc32)cc1. The van der Waals surface area contributed by atoms with Crippen molar-refractivity contribution in [2.24, 2.45) is 5.73 Å². The lowest BCUT2D eigenvalue weighted by Gasteiger charge is -2.29. The molecule has 2 unspecified atom stereocenters. The minimum atomic E-state index is -3.58. The summed E-state index contributed by atoms with van der Waals surface area (Å²) < 4.78 is 83.3. The fourth-order valence-corrected chi connectivity index (χ4v) is 8.38. The molecule has 22 heteroatoms. The second kappa shape index (κ2) is 22.6. The Labute approximate surface area is 421 Å². The Balaban J connectivity index is 0.000000173. The number of hydrogen-bond donors (Lipinski definition) is 4. The van der Waals surface area contributed by atoms with Crippen LogP contribution in [0.5, 0.6) is 0 Å². The van der Waals surface area contributed by atoms with Gasteiger partial charge in [-0.3, -0.25) is 19.2 Å². The van der Waals surface area contributed by atoms with E-state index in [2.05, 4.69) is 57.8 Å². The molecule has 73 heavy (non-hydrogen) atoms. The van der Waals surface area contributed by atoms with Crippen molar-refractivity contribution in [3.05, 3.63) is 173 Å². The summed E-state index contributed by atoms with van der Waals surface area (Å²) >= 11 is 3.36. The first-order valence-electron chi connectivity index (χ1n) is 22.4. The monoisotopic (exact) mass is 1070 g/mol. The summed E-state index contributed by atoms with van der Waals surface area (Å²) in [4.78, 5) is 58.1. The first-order chi connectivity index (χ1) is 34.8. The number of halogens is 7. The number of nitrogens with zero attached hydrogens (tertiary/aromatic N) is 7. The van der Waals surface area contributed by atoms with Crippen LogP contribution >= 0.6 is 15.9 Å². The van der Waals surface area contributed by atoms with E-state index >= 15 is 0 Å². The van der Waals surface area contributed by atoms with Crippen molar-refractivity contribution in [2.75, 3.05) is 11.9 Å². The number of nitrogens with two attached hydrogens (primary N) is 1. The second-order valence-corrected chi connectivity index (χ2v) is 17.6. The van der Waals surface area contributed by atoms with Gasteiger partial charge in [0.2, 0.25) is 11.8 Å². The van der Waals surface area contributed by atoms with E-state index in [1.165, 1.54) is 42.4 Å². The molecule has 0 aliphatic carbocycles. The first kappa shape index (κ1) is 52.8. The topological polar surface area (TPSA) is 195 Å². The molecule has 8 aromatic rings. The number of anilines is 1. The van der Waals surface area contributed by atoms with Crippen molar-refractivity contribution in [3.63, 3.8) is 0 Å². The third kappa shape index (κ3) is 12.6. The summed E-state index contributed by atoms with van der Waals surface area (Å²) in [5, 5.41) is 17.4. The Kier molecular flexibility index (Phi) is 16.4. The molecule has 0 bridgehead atoms. The zero-order valence-electron chi connectivity index (χ0n) is 39.1. The zero-order chi connectivity index (χ0) is 52.6. The van der Waals surface area contributed by atoms with E-state index in [0.29, 0.717) is 41.8 Å². The van der Waals surface area contributed by atoms with Gasteiger partial charge in [0.15, 0.2) is 11.3 Å². The minimum Gasteiger partial charge on any atom is -0.347 e. The van der Waals surface area contributed by atoms with Gasteiger partial charge in [0.25, 0.3) is 11.8 Å². The highest BCUT2D eigenvalue weighted by Crippen LogP contribution is 2.39. The smallest absolute Gasteiger partial charge is 0.321 e. The van der Waals surface area contributed by atoms with Gasteiger partial charge >= 0.3 is 11.8 Å².